The number of nitriles is 1. The van der Waals surface area contributed by atoms with Gasteiger partial charge >= 0.3 is 0 Å². The fraction of sp³-hybridized carbons (Fsp3) is 0.318. The van der Waals surface area contributed by atoms with Gasteiger partial charge in [-0.1, -0.05) is 42.4 Å². The molecule has 2 unspecified atom stereocenters. The summed E-state index contributed by atoms with van der Waals surface area (Å²) in [6, 6.07) is 14.2. The highest BCUT2D eigenvalue weighted by Crippen LogP contribution is 2.32. The molecule has 6 nitrogen and oxygen atoms in total. The number of para-hydroxylation sites is 1. The van der Waals surface area contributed by atoms with Crippen LogP contribution in [0.15, 0.2) is 42.6 Å². The maximum absolute atomic E-state index is 10.3. The molecule has 5 rings (SSSR count). The molecule has 1 saturated carbocycles. The number of anilines is 1. The molecule has 3 heterocycles. The number of nitrogens with zero attached hydrogens (tertiary/aromatic N) is 4. The highest BCUT2D eigenvalue weighted by atomic mass is 32.1. The zero-order valence-corrected chi connectivity index (χ0v) is 16.7. The van der Waals surface area contributed by atoms with E-state index in [4.69, 9.17) is 4.98 Å². The zero-order valence-electron chi connectivity index (χ0n) is 15.9. The normalized spacial score (nSPS) is 19.4. The smallest absolute Gasteiger partial charge is 0.184 e. The molecular weight excluding hydrogens is 382 g/mol. The van der Waals surface area contributed by atoms with Crippen molar-refractivity contribution in [2.45, 2.75) is 44.2 Å². The number of nitrogens with one attached hydrogen (secondary N) is 1. The summed E-state index contributed by atoms with van der Waals surface area (Å²) in [6.45, 7) is 0. The van der Waals surface area contributed by atoms with Crippen LogP contribution in [-0.2, 0) is 6.42 Å². The largest absolute Gasteiger partial charge is 0.391 e. The van der Waals surface area contributed by atoms with E-state index in [0.29, 0.717) is 12.1 Å². The number of hydrogen-bond donors (Lipinski definition) is 2. The van der Waals surface area contributed by atoms with Gasteiger partial charge in [-0.05, 0) is 36.6 Å². The van der Waals surface area contributed by atoms with Crippen molar-refractivity contribution in [3.8, 4) is 6.07 Å². The Labute approximate surface area is 172 Å². The second-order valence-corrected chi connectivity index (χ2v) is 8.54. The van der Waals surface area contributed by atoms with Crippen LogP contribution in [0.3, 0.4) is 0 Å². The van der Waals surface area contributed by atoms with Crippen LogP contribution in [0.1, 0.15) is 42.6 Å². The van der Waals surface area contributed by atoms with Gasteiger partial charge in [-0.3, -0.25) is 0 Å². The van der Waals surface area contributed by atoms with Gasteiger partial charge in [0.1, 0.15) is 11.7 Å². The van der Waals surface area contributed by atoms with Gasteiger partial charge in [-0.15, -0.1) is 0 Å². The molecule has 1 aliphatic carbocycles. The van der Waals surface area contributed by atoms with Crippen LogP contribution in [0.4, 0.5) is 5.13 Å². The van der Waals surface area contributed by atoms with Gasteiger partial charge < -0.3 is 14.8 Å². The fourth-order valence-electron chi connectivity index (χ4n) is 4.13. The van der Waals surface area contributed by atoms with Gasteiger partial charge in [0.05, 0.1) is 28.1 Å². The van der Waals surface area contributed by atoms with Crippen molar-refractivity contribution in [2.24, 2.45) is 0 Å². The van der Waals surface area contributed by atoms with Gasteiger partial charge in [-0.25, -0.2) is 9.97 Å². The Balaban J connectivity index is 1.50. The van der Waals surface area contributed by atoms with Gasteiger partial charge in [-0.2, -0.15) is 5.26 Å². The molecule has 0 aliphatic heterocycles. The first kappa shape index (κ1) is 18.1. The number of rotatable bonds is 4. The maximum Gasteiger partial charge on any atom is 0.184 e. The van der Waals surface area contributed by atoms with E-state index in [1.807, 2.05) is 34.9 Å². The monoisotopic (exact) mass is 403 g/mol. The number of hydrogen-bond acceptors (Lipinski definition) is 6. The van der Waals surface area contributed by atoms with Crippen LogP contribution in [-0.4, -0.2) is 31.6 Å². The van der Waals surface area contributed by atoms with Crippen molar-refractivity contribution in [1.29, 1.82) is 5.26 Å². The van der Waals surface area contributed by atoms with E-state index in [1.165, 1.54) is 0 Å². The quantitative estimate of drug-likeness (QED) is 0.535. The predicted molar refractivity (Wildman–Crippen MR) is 114 cm³/mol. The Hall–Kier alpha value is -2.95. The minimum absolute atomic E-state index is 0.0664. The van der Waals surface area contributed by atoms with Crippen molar-refractivity contribution in [3.63, 3.8) is 0 Å². The first-order chi connectivity index (χ1) is 14.2. The average Bonchev–Trinajstić information content (AvgIpc) is 3.31. The Morgan fingerprint density at radius 2 is 2.07 bits per heavy atom. The van der Waals surface area contributed by atoms with E-state index < -0.39 is 0 Å². The van der Waals surface area contributed by atoms with Gasteiger partial charge in [0.25, 0.3) is 0 Å². The summed E-state index contributed by atoms with van der Waals surface area (Å²) >= 11 is 1.61. The van der Waals surface area contributed by atoms with E-state index in [0.717, 1.165) is 57.9 Å². The Morgan fingerprint density at radius 3 is 2.93 bits per heavy atom. The number of fused-ring (bicyclic) bond motifs is 2. The summed E-state index contributed by atoms with van der Waals surface area (Å²) in [5.41, 5.74) is 4.12. The molecule has 2 N–H and O–H groups in total. The predicted octanol–water partition coefficient (Wildman–Crippen LogP) is 4.12. The van der Waals surface area contributed by atoms with E-state index in [1.54, 1.807) is 11.3 Å². The van der Waals surface area contributed by atoms with Crippen LogP contribution in [0.25, 0.3) is 15.9 Å². The minimum Gasteiger partial charge on any atom is -0.391 e. The van der Waals surface area contributed by atoms with Gasteiger partial charge in [0, 0.05) is 12.6 Å². The number of aliphatic hydroxyl groups excluding tert-OH is 1. The Bertz CT molecular complexity index is 1220. The number of aliphatic hydroxyl groups is 1. The minimum atomic E-state index is -0.313. The lowest BCUT2D eigenvalue weighted by Crippen LogP contribution is -2.36. The molecule has 146 valence electrons. The van der Waals surface area contributed by atoms with Crippen LogP contribution in [0.5, 0.6) is 0 Å². The van der Waals surface area contributed by atoms with Crippen molar-refractivity contribution < 1.29 is 5.11 Å². The van der Waals surface area contributed by atoms with E-state index >= 15 is 0 Å². The molecule has 1 aliphatic rings. The summed E-state index contributed by atoms with van der Waals surface area (Å²) < 4.78 is 3.07. The molecule has 0 spiro atoms. The highest BCUT2D eigenvalue weighted by molar-refractivity contribution is 7.22. The summed E-state index contributed by atoms with van der Waals surface area (Å²) in [5, 5.41) is 24.1. The first-order valence-electron chi connectivity index (χ1n) is 9.92. The van der Waals surface area contributed by atoms with Crippen LogP contribution >= 0.6 is 11.3 Å². The second kappa shape index (κ2) is 7.47. The second-order valence-electron chi connectivity index (χ2n) is 7.51. The van der Waals surface area contributed by atoms with Gasteiger partial charge in [0.2, 0.25) is 0 Å². The number of aromatic nitrogens is 3. The number of thiazole rings is 1. The van der Waals surface area contributed by atoms with E-state index in [9.17, 15) is 10.4 Å². The molecule has 0 amide bonds. The maximum atomic E-state index is 10.3. The van der Waals surface area contributed by atoms with Crippen LogP contribution in [0, 0.1) is 11.3 Å². The average molecular weight is 404 g/mol. The molecule has 0 bridgehead atoms. The van der Waals surface area contributed by atoms with Gasteiger partial charge in [0.15, 0.2) is 10.8 Å². The van der Waals surface area contributed by atoms with Crippen molar-refractivity contribution in [2.75, 3.05) is 5.32 Å². The number of benzene rings is 1. The molecule has 1 aromatic carbocycles. The summed E-state index contributed by atoms with van der Waals surface area (Å²) in [5.74, 6) is 0. The van der Waals surface area contributed by atoms with E-state index in [2.05, 4.69) is 28.5 Å². The highest BCUT2D eigenvalue weighted by Gasteiger charge is 2.24. The zero-order chi connectivity index (χ0) is 19.8. The topological polar surface area (TPSA) is 86.2 Å². The molecule has 29 heavy (non-hydrogen) atoms. The van der Waals surface area contributed by atoms with Crippen molar-refractivity contribution >= 4 is 32.3 Å². The van der Waals surface area contributed by atoms with Crippen LogP contribution < -0.4 is 5.32 Å². The SMILES string of the molecule is N#Cc1nc2ccccn2c1Cc1cccc2sc(NC3CCCCC3O)nc12. The lowest BCUT2D eigenvalue weighted by Gasteiger charge is -2.28. The number of pyridine rings is 1. The standard InChI is InChI=1S/C22H21N5OS/c23-13-16-17(27-11-4-3-10-20(27)24-16)12-14-6-5-9-19-21(14)26-22(29-19)25-15-7-1-2-8-18(15)28/h3-6,9-11,15,18,28H,1-2,7-8,12H2,(H,25,26). The molecule has 7 heteroatoms. The Morgan fingerprint density at radius 1 is 1.17 bits per heavy atom. The molecule has 0 saturated heterocycles. The summed E-state index contributed by atoms with van der Waals surface area (Å²) in [7, 11) is 0. The molecule has 4 aromatic rings. The van der Waals surface area contributed by atoms with Crippen LogP contribution in [0.2, 0.25) is 0 Å². The summed E-state index contributed by atoms with van der Waals surface area (Å²) in [4.78, 5) is 9.28. The molecule has 3 aromatic heterocycles. The fourth-order valence-corrected chi connectivity index (χ4v) is 5.11. The Kier molecular flexibility index (Phi) is 4.66. The third-order valence-electron chi connectivity index (χ3n) is 5.63. The molecule has 1 fully saturated rings. The molecular formula is C22H21N5OS. The molecule has 2 atom stereocenters. The van der Waals surface area contributed by atoms with Crippen molar-refractivity contribution in [1.82, 2.24) is 14.4 Å². The van der Waals surface area contributed by atoms with Crippen molar-refractivity contribution in [3.05, 3.63) is 59.5 Å². The first-order valence-corrected chi connectivity index (χ1v) is 10.7. The third-order valence-corrected chi connectivity index (χ3v) is 6.59. The third kappa shape index (κ3) is 3.35. The lowest BCUT2D eigenvalue weighted by atomic mass is 9.93. The van der Waals surface area contributed by atoms with E-state index in [-0.39, 0.29) is 12.1 Å². The number of imidazole rings is 1. The molecule has 0 radical (unpaired) electrons. The summed E-state index contributed by atoms with van der Waals surface area (Å²) in [6.07, 6.45) is 6.25. The lowest BCUT2D eigenvalue weighted by molar-refractivity contribution is 0.116.